The number of hydrogen-bond acceptors (Lipinski definition) is 8. The molecule has 0 unspecified atom stereocenters. The first-order chi connectivity index (χ1) is 69.4. The topological polar surface area (TPSA) is 64.5 Å². The van der Waals surface area contributed by atoms with Gasteiger partial charge in [-0.25, -0.2) is 4.98 Å². The van der Waals surface area contributed by atoms with Crippen LogP contribution in [0.1, 0.15) is 178 Å². The number of hydrogen-bond donors (Lipinski definition) is 0. The average Bonchev–Trinajstić information content (AvgIpc) is 1.73. The summed E-state index contributed by atoms with van der Waals surface area (Å²) in [6.07, 6.45) is 27.9. The SMILES string of the molecule is c1ccc2c(c1)Cc1c-2cc2c3c1Cc1cccnc1N3c1ccc3c(c1C2)-c1ccccc1C3.c1ccc2c(c1)Cc1c-2cc2c3c1Cc1ccncc1N3c1ccc3c(c1C2)-c1ccccc1C3.c1ccc2c(c1)Cc1c-2cc2c3c1Cc1cnccc1N3c1ccc3c(c1C2)-c1ccccc1C3.c1ccc2c(c1)Cc1c-2cc2c3c1Cc1ncccc1N3c1ccc3c(c1C2)-c1ccccc1C3. The molecule has 20 aromatic rings. The van der Waals surface area contributed by atoms with Crippen molar-refractivity contribution in [3.05, 3.63) is 519 Å². The van der Waals surface area contributed by atoms with Crippen LogP contribution in [0.5, 0.6) is 0 Å². The maximum absolute atomic E-state index is 4.94. The standard InChI is InChI=1S/4C33H22N2/c1-3-9-24-20(7-1)15-27-26(24)17-23-18-29-30(12-11-21-14-19-6-2-4-10-25(19)31(21)29)35-32(23)28(27)16-22-8-5-13-34-33(22)35;1-3-8-23-20(7-1)15-26-25(23)16-22-17-28-30(12-11-21-14-19-6-2-4-9-24(19)32(21)28)35-31-10-5-13-34-29(31)18-27(26)33(22)35;1-3-7-24-20(6-1)14-27-26(24)16-23-17-29-30(10-9-22-13-19-5-2-4-8-25(19)32(22)29)35-31-18-34-12-11-21(31)15-28(27)33(23)35;1-3-7-24-20(6-1)14-27-26(24)15-22-16-29-31(10-9-21-13-19-5-2-4-8-25(19)32(21)29)35-30-11-12-34-18-23(30)17-28(27)33(22)35/h1-13,17H,14-16,18H2;1-13,16H,14-15,17-18H2;1-12,16,18H,13-15,17H2;1-12,15,18H,13-14,16-17H2. The summed E-state index contributed by atoms with van der Waals surface area (Å²) in [6, 6.07) is 114. The Balaban J connectivity index is 0.0000000829. The first-order valence-corrected chi connectivity index (χ1v) is 50.3. The Morgan fingerprint density at radius 1 is 0.157 bits per heavy atom. The zero-order valence-electron chi connectivity index (χ0n) is 77.2. The van der Waals surface area contributed by atoms with Crippen molar-refractivity contribution in [2.75, 3.05) is 19.6 Å². The quantitative estimate of drug-likeness (QED) is 0.149. The van der Waals surface area contributed by atoms with Crippen LogP contribution in [0.4, 0.5) is 68.4 Å². The fourth-order valence-corrected chi connectivity index (χ4v) is 28.8. The molecule has 0 saturated carbocycles. The summed E-state index contributed by atoms with van der Waals surface area (Å²) < 4.78 is 0. The lowest BCUT2D eigenvalue weighted by molar-refractivity contribution is 0.956. The van der Waals surface area contributed by atoms with Crippen LogP contribution in [0, 0.1) is 0 Å². The van der Waals surface area contributed by atoms with Gasteiger partial charge in [0.15, 0.2) is 0 Å². The van der Waals surface area contributed by atoms with E-state index in [2.05, 4.69) is 345 Å². The van der Waals surface area contributed by atoms with Crippen LogP contribution < -0.4 is 19.6 Å². The van der Waals surface area contributed by atoms with E-state index < -0.39 is 0 Å². The fraction of sp³-hybridized carbons (Fsp3) is 0.121. The maximum Gasteiger partial charge on any atom is 0.141 e. The second-order valence-corrected chi connectivity index (χ2v) is 41.3. The summed E-state index contributed by atoms with van der Waals surface area (Å²) in [4.78, 5) is 29.1. The van der Waals surface area contributed by atoms with Crippen LogP contribution in [0.2, 0.25) is 0 Å². The van der Waals surface area contributed by atoms with Crippen LogP contribution in [0.25, 0.3) is 89.0 Å². The van der Waals surface area contributed by atoms with Gasteiger partial charge in [-0.15, -0.1) is 0 Å². The van der Waals surface area contributed by atoms with E-state index in [4.69, 9.17) is 9.97 Å². The third-order valence-corrected chi connectivity index (χ3v) is 34.5. The lowest BCUT2D eigenvalue weighted by Crippen LogP contribution is -2.27. The van der Waals surface area contributed by atoms with E-state index >= 15 is 0 Å². The Morgan fingerprint density at radius 3 is 0.879 bits per heavy atom. The molecule has 140 heavy (non-hydrogen) atoms. The summed E-state index contributed by atoms with van der Waals surface area (Å²) >= 11 is 0. The minimum Gasteiger partial charge on any atom is -0.309 e. The molecular weight excluding hydrogens is 1700 g/mol. The number of benzene rings is 16. The lowest BCUT2D eigenvalue weighted by Gasteiger charge is -2.41. The molecule has 0 saturated heterocycles. The lowest BCUT2D eigenvalue weighted by atomic mass is 9.81. The Labute approximate surface area is 812 Å². The molecule has 0 radical (unpaired) electrons. The van der Waals surface area contributed by atoms with Gasteiger partial charge in [-0.1, -0.05) is 224 Å². The minimum absolute atomic E-state index is 0.912. The van der Waals surface area contributed by atoms with E-state index in [0.29, 0.717) is 0 Å². The summed E-state index contributed by atoms with van der Waals surface area (Å²) in [5.74, 6) is 1.10. The monoisotopic (exact) mass is 1780 g/mol. The minimum atomic E-state index is 0.912. The van der Waals surface area contributed by atoms with Crippen molar-refractivity contribution < 1.29 is 0 Å². The van der Waals surface area contributed by atoms with Crippen molar-refractivity contribution in [3.8, 4) is 89.0 Å². The van der Waals surface area contributed by atoms with E-state index in [0.717, 1.165) is 109 Å². The van der Waals surface area contributed by atoms with Gasteiger partial charge < -0.3 is 14.7 Å². The van der Waals surface area contributed by atoms with E-state index in [9.17, 15) is 0 Å². The predicted molar refractivity (Wildman–Crippen MR) is 564 cm³/mol. The average molecular weight is 1790 g/mol. The van der Waals surface area contributed by atoms with Crippen molar-refractivity contribution in [1.82, 2.24) is 19.9 Å². The molecule has 656 valence electrons. The molecule has 16 aromatic carbocycles. The number of rotatable bonds is 0. The third kappa shape index (κ3) is 10.6. The highest BCUT2D eigenvalue weighted by atomic mass is 15.2. The zero-order valence-corrected chi connectivity index (χ0v) is 77.2. The van der Waals surface area contributed by atoms with Crippen LogP contribution >= 0.6 is 0 Å². The van der Waals surface area contributed by atoms with Gasteiger partial charge in [0.05, 0.1) is 74.5 Å². The van der Waals surface area contributed by atoms with E-state index in [-0.39, 0.29) is 0 Å². The van der Waals surface area contributed by atoms with Crippen molar-refractivity contribution in [1.29, 1.82) is 0 Å². The summed E-state index contributed by atoms with van der Waals surface area (Å²) in [5, 5.41) is 0. The maximum atomic E-state index is 4.94. The van der Waals surface area contributed by atoms with Gasteiger partial charge in [0, 0.05) is 82.4 Å². The number of nitrogens with zero attached hydrogens (tertiary/aromatic N) is 8. The number of pyridine rings is 4. The van der Waals surface area contributed by atoms with Gasteiger partial charge in [-0.3, -0.25) is 19.9 Å². The van der Waals surface area contributed by atoms with Gasteiger partial charge in [-0.05, 0) is 392 Å². The molecule has 8 aliphatic carbocycles. The molecule has 0 bridgehead atoms. The van der Waals surface area contributed by atoms with E-state index in [1.807, 2.05) is 24.8 Å². The van der Waals surface area contributed by atoms with Gasteiger partial charge in [0.2, 0.25) is 0 Å². The zero-order chi connectivity index (χ0) is 90.7. The molecule has 8 aliphatic heterocycles. The van der Waals surface area contributed by atoms with E-state index in [1.165, 1.54) is 330 Å². The van der Waals surface area contributed by atoms with Crippen LogP contribution in [-0.2, 0) is 103 Å². The normalized spacial score (nSPS) is 14.9. The highest BCUT2D eigenvalue weighted by Gasteiger charge is 2.46. The second-order valence-electron chi connectivity index (χ2n) is 41.3. The molecule has 16 aliphatic rings. The molecule has 12 heterocycles. The molecule has 0 amide bonds. The molecule has 4 aromatic heterocycles. The molecular formula is C132H88N8. The van der Waals surface area contributed by atoms with Crippen molar-refractivity contribution >= 4 is 68.4 Å². The number of aromatic nitrogens is 4. The van der Waals surface area contributed by atoms with Crippen LogP contribution in [0.3, 0.4) is 0 Å². The molecule has 36 rings (SSSR count). The Hall–Kier alpha value is -16.7. The molecule has 8 nitrogen and oxygen atoms in total. The highest BCUT2D eigenvalue weighted by molar-refractivity contribution is 6.04. The van der Waals surface area contributed by atoms with Gasteiger partial charge in [0.25, 0.3) is 0 Å². The van der Waals surface area contributed by atoms with E-state index in [1.54, 1.807) is 0 Å². The molecule has 0 atom stereocenters. The van der Waals surface area contributed by atoms with Gasteiger partial charge in [0.1, 0.15) is 5.82 Å². The Morgan fingerprint density at radius 2 is 0.457 bits per heavy atom. The number of fused-ring (bicyclic) bond motifs is 48. The Bertz CT molecular complexity index is 8090. The molecule has 0 spiro atoms. The summed E-state index contributed by atoms with van der Waals surface area (Å²) in [5.41, 5.74) is 84.0. The summed E-state index contributed by atoms with van der Waals surface area (Å²) in [6.45, 7) is 0. The summed E-state index contributed by atoms with van der Waals surface area (Å²) in [7, 11) is 0. The smallest absolute Gasteiger partial charge is 0.141 e. The first kappa shape index (κ1) is 76.5. The van der Waals surface area contributed by atoms with Gasteiger partial charge >= 0.3 is 0 Å². The fourth-order valence-electron chi connectivity index (χ4n) is 28.8. The van der Waals surface area contributed by atoms with Crippen LogP contribution in [-0.4, -0.2) is 19.9 Å². The highest BCUT2D eigenvalue weighted by Crippen LogP contribution is 2.64. The predicted octanol–water partition coefficient (Wildman–Crippen LogP) is 30.0. The Kier molecular flexibility index (Phi) is 15.6. The second kappa shape index (κ2) is 28.5. The number of anilines is 12. The third-order valence-electron chi connectivity index (χ3n) is 34.5. The molecule has 8 heteroatoms. The molecule has 0 N–H and O–H groups in total. The first-order valence-electron chi connectivity index (χ1n) is 50.3. The molecule has 0 fully saturated rings. The van der Waals surface area contributed by atoms with Crippen LogP contribution in [0.15, 0.2) is 340 Å². The van der Waals surface area contributed by atoms with Gasteiger partial charge in [-0.2, -0.15) is 0 Å². The largest absolute Gasteiger partial charge is 0.309 e. The van der Waals surface area contributed by atoms with Crippen molar-refractivity contribution in [2.45, 2.75) is 103 Å². The van der Waals surface area contributed by atoms with Crippen molar-refractivity contribution in [3.63, 3.8) is 0 Å². The van der Waals surface area contributed by atoms with Crippen molar-refractivity contribution in [2.24, 2.45) is 0 Å².